The number of aliphatic hydroxyl groups excluding tert-OH is 2. The number of hydrogen-bond donors (Lipinski definition) is 2. The Kier molecular flexibility index (Phi) is 5.50. The number of ether oxygens (including phenoxy) is 1. The van der Waals surface area contributed by atoms with Crippen molar-refractivity contribution < 1.29 is 19.7 Å². The molecule has 2 N–H and O–H groups in total. The number of carbonyl (C=O) groups is 1. The molecule has 1 aromatic carbocycles. The second kappa shape index (κ2) is 7.61. The van der Waals surface area contributed by atoms with Gasteiger partial charge in [0.15, 0.2) is 0 Å². The second-order valence-corrected chi connectivity index (χ2v) is 6.54. The summed E-state index contributed by atoms with van der Waals surface area (Å²) < 4.78 is 5.35. The Bertz CT molecular complexity index is 555. The number of amides is 1. The minimum atomic E-state index is -0.833. The fourth-order valence-electron chi connectivity index (χ4n) is 3.41. The summed E-state index contributed by atoms with van der Waals surface area (Å²) in [6, 6.07) is 7.58. The lowest BCUT2D eigenvalue weighted by Gasteiger charge is -2.43. The Morgan fingerprint density at radius 2 is 1.79 bits per heavy atom. The average Bonchev–Trinajstić information content (AvgIpc) is 2.64. The molecule has 0 aromatic heterocycles. The zero-order valence-electron chi connectivity index (χ0n) is 14.1. The molecule has 0 spiro atoms. The van der Waals surface area contributed by atoms with Crippen LogP contribution in [0.5, 0.6) is 0 Å². The van der Waals surface area contributed by atoms with Gasteiger partial charge in [-0.2, -0.15) is 0 Å². The largest absolute Gasteiger partial charge is 0.389 e. The lowest BCUT2D eigenvalue weighted by molar-refractivity contribution is -0.136. The molecule has 2 saturated heterocycles. The third-order valence-electron chi connectivity index (χ3n) is 5.05. The van der Waals surface area contributed by atoms with E-state index in [0.717, 1.165) is 12.0 Å². The van der Waals surface area contributed by atoms with Crippen molar-refractivity contribution in [3.05, 3.63) is 35.4 Å². The van der Waals surface area contributed by atoms with Gasteiger partial charge in [-0.25, -0.2) is 0 Å². The number of piperazine rings is 1. The summed E-state index contributed by atoms with van der Waals surface area (Å²) in [5, 5.41) is 19.9. The number of aryl methyl sites for hydroxylation is 1. The predicted molar refractivity (Wildman–Crippen MR) is 89.9 cm³/mol. The minimum Gasteiger partial charge on any atom is -0.389 e. The van der Waals surface area contributed by atoms with E-state index in [2.05, 4.69) is 11.8 Å². The molecule has 2 fully saturated rings. The van der Waals surface area contributed by atoms with E-state index in [-0.39, 0.29) is 18.6 Å². The van der Waals surface area contributed by atoms with Gasteiger partial charge in [-0.1, -0.05) is 19.1 Å². The molecule has 0 unspecified atom stereocenters. The molecule has 132 valence electrons. The first kappa shape index (κ1) is 17.4. The van der Waals surface area contributed by atoms with Crippen LogP contribution in [0.1, 0.15) is 22.8 Å². The first-order valence-electron chi connectivity index (χ1n) is 8.66. The summed E-state index contributed by atoms with van der Waals surface area (Å²) in [5.41, 5.74) is 1.94. The van der Waals surface area contributed by atoms with Crippen molar-refractivity contribution in [1.29, 1.82) is 0 Å². The fourth-order valence-corrected chi connectivity index (χ4v) is 3.41. The van der Waals surface area contributed by atoms with E-state index >= 15 is 0 Å². The average molecular weight is 334 g/mol. The van der Waals surface area contributed by atoms with Crippen LogP contribution in [0.25, 0.3) is 0 Å². The van der Waals surface area contributed by atoms with Crippen LogP contribution in [-0.4, -0.2) is 83.6 Å². The molecular weight excluding hydrogens is 308 g/mol. The van der Waals surface area contributed by atoms with E-state index in [9.17, 15) is 15.0 Å². The topological polar surface area (TPSA) is 73.2 Å². The van der Waals surface area contributed by atoms with Crippen LogP contribution in [0.2, 0.25) is 0 Å². The van der Waals surface area contributed by atoms with E-state index in [1.54, 1.807) is 0 Å². The second-order valence-electron chi connectivity index (χ2n) is 6.54. The lowest BCUT2D eigenvalue weighted by Crippen LogP contribution is -2.60. The highest BCUT2D eigenvalue weighted by Gasteiger charge is 2.37. The monoisotopic (exact) mass is 334 g/mol. The number of aliphatic hydroxyl groups is 2. The van der Waals surface area contributed by atoms with E-state index < -0.39 is 12.2 Å². The van der Waals surface area contributed by atoms with Gasteiger partial charge in [0.2, 0.25) is 0 Å². The highest BCUT2D eigenvalue weighted by Crippen LogP contribution is 2.18. The minimum absolute atomic E-state index is 0.0535. The van der Waals surface area contributed by atoms with Gasteiger partial charge in [0, 0.05) is 31.7 Å². The van der Waals surface area contributed by atoms with Crippen LogP contribution in [0.15, 0.2) is 24.3 Å². The van der Waals surface area contributed by atoms with Crippen molar-refractivity contribution in [1.82, 2.24) is 9.80 Å². The van der Waals surface area contributed by atoms with Crippen LogP contribution in [0.3, 0.4) is 0 Å². The van der Waals surface area contributed by atoms with Crippen molar-refractivity contribution in [2.75, 3.05) is 39.4 Å². The van der Waals surface area contributed by atoms with Gasteiger partial charge in [0.25, 0.3) is 5.91 Å². The molecule has 0 saturated carbocycles. The summed E-state index contributed by atoms with van der Waals surface area (Å²) in [6.45, 7) is 5.29. The maximum Gasteiger partial charge on any atom is 0.253 e. The number of rotatable bonds is 3. The van der Waals surface area contributed by atoms with E-state index in [4.69, 9.17) is 4.74 Å². The zero-order valence-corrected chi connectivity index (χ0v) is 14.1. The normalized spacial score (nSPS) is 28.8. The van der Waals surface area contributed by atoms with E-state index in [1.165, 1.54) is 5.56 Å². The highest BCUT2D eigenvalue weighted by atomic mass is 16.5. The van der Waals surface area contributed by atoms with Gasteiger partial charge in [0.05, 0.1) is 25.4 Å². The molecule has 2 aliphatic heterocycles. The smallest absolute Gasteiger partial charge is 0.253 e. The number of nitrogens with zero attached hydrogens (tertiary/aromatic N) is 2. The quantitative estimate of drug-likeness (QED) is 0.822. The summed E-state index contributed by atoms with van der Waals surface area (Å²) in [7, 11) is 0. The number of carbonyl (C=O) groups excluding carboxylic acids is 1. The van der Waals surface area contributed by atoms with Gasteiger partial charge in [-0.15, -0.1) is 0 Å². The lowest BCUT2D eigenvalue weighted by atomic mass is 10.0. The SMILES string of the molecule is CCc1ccc(C(=O)N2CCN([C@@H]3COC[C@@H](O)[C@H]3O)CC2)cc1. The third kappa shape index (κ3) is 3.62. The van der Waals surface area contributed by atoms with Gasteiger partial charge < -0.3 is 19.8 Å². The molecule has 2 heterocycles. The molecule has 6 heteroatoms. The molecule has 24 heavy (non-hydrogen) atoms. The van der Waals surface area contributed by atoms with E-state index in [0.29, 0.717) is 32.8 Å². The van der Waals surface area contributed by atoms with Crippen LogP contribution < -0.4 is 0 Å². The molecule has 1 aromatic rings. The first-order valence-corrected chi connectivity index (χ1v) is 8.66. The van der Waals surface area contributed by atoms with Crippen molar-refractivity contribution in [2.24, 2.45) is 0 Å². The van der Waals surface area contributed by atoms with E-state index in [1.807, 2.05) is 29.2 Å². The molecular formula is C18H26N2O4. The molecule has 3 atom stereocenters. The maximum atomic E-state index is 12.6. The van der Waals surface area contributed by atoms with Crippen molar-refractivity contribution in [3.8, 4) is 0 Å². The summed E-state index contributed by atoms with van der Waals surface area (Å²) in [5.74, 6) is 0.0535. The summed E-state index contributed by atoms with van der Waals surface area (Å²) in [4.78, 5) is 16.6. The molecule has 6 nitrogen and oxygen atoms in total. The van der Waals surface area contributed by atoms with Crippen molar-refractivity contribution in [2.45, 2.75) is 31.6 Å². The summed E-state index contributed by atoms with van der Waals surface area (Å²) in [6.07, 6.45) is -0.659. The van der Waals surface area contributed by atoms with Gasteiger partial charge in [0.1, 0.15) is 6.10 Å². The van der Waals surface area contributed by atoms with Gasteiger partial charge in [-0.05, 0) is 24.1 Å². The fraction of sp³-hybridized carbons (Fsp3) is 0.611. The molecule has 1 amide bonds. The van der Waals surface area contributed by atoms with Crippen LogP contribution in [0, 0.1) is 0 Å². The molecule has 0 bridgehead atoms. The molecule has 0 radical (unpaired) electrons. The molecule has 2 aliphatic rings. The molecule has 0 aliphatic carbocycles. The van der Waals surface area contributed by atoms with Gasteiger partial charge >= 0.3 is 0 Å². The van der Waals surface area contributed by atoms with Crippen LogP contribution in [-0.2, 0) is 11.2 Å². The zero-order chi connectivity index (χ0) is 17.1. The van der Waals surface area contributed by atoms with Crippen molar-refractivity contribution >= 4 is 5.91 Å². The Morgan fingerprint density at radius 1 is 1.12 bits per heavy atom. The van der Waals surface area contributed by atoms with Crippen LogP contribution in [0.4, 0.5) is 0 Å². The Hall–Kier alpha value is -1.47. The Balaban J connectivity index is 1.57. The number of hydrogen-bond acceptors (Lipinski definition) is 5. The standard InChI is InChI=1S/C18H26N2O4/c1-2-13-3-5-14(6-4-13)18(23)20-9-7-19(8-10-20)15-11-24-12-16(21)17(15)22/h3-6,15-17,21-22H,2,7-12H2,1H3/t15-,16-,17+/m1/s1. The van der Waals surface area contributed by atoms with Crippen molar-refractivity contribution in [3.63, 3.8) is 0 Å². The number of benzene rings is 1. The van der Waals surface area contributed by atoms with Gasteiger partial charge in [-0.3, -0.25) is 9.69 Å². The Labute approximate surface area is 142 Å². The predicted octanol–water partition coefficient (Wildman–Crippen LogP) is 0.127. The highest BCUT2D eigenvalue weighted by molar-refractivity contribution is 5.94. The third-order valence-corrected chi connectivity index (χ3v) is 5.05. The maximum absolute atomic E-state index is 12.6. The summed E-state index contributed by atoms with van der Waals surface area (Å²) >= 11 is 0. The Morgan fingerprint density at radius 3 is 2.42 bits per heavy atom. The molecule has 3 rings (SSSR count). The first-order chi connectivity index (χ1) is 11.6. The van der Waals surface area contributed by atoms with Crippen LogP contribution >= 0.6 is 0 Å².